The molecule has 0 amide bonds. The Morgan fingerprint density at radius 2 is 0.917 bits per heavy atom. The van der Waals surface area contributed by atoms with Crippen molar-refractivity contribution in [1.29, 1.82) is 0 Å². The molecule has 0 unspecified atom stereocenters. The Hall–Kier alpha value is 0.540. The van der Waals surface area contributed by atoms with Crippen molar-refractivity contribution in [1.82, 2.24) is 0 Å². The van der Waals surface area contributed by atoms with E-state index >= 15 is 0 Å². The molecule has 0 saturated carbocycles. The molecule has 6 heteroatoms. The lowest BCUT2D eigenvalue weighted by atomic mass is 10.7. The second kappa shape index (κ2) is 11.5. The Balaban J connectivity index is 2.73. The molecule has 0 N–H and O–H groups in total. The standard InChI is InChI=1S/C6H14O4S2/c11-9-5-3-7-1-2-8-4-6-10-12/h11-12H,1-6H2. The minimum Gasteiger partial charge on any atom is -0.377 e. The van der Waals surface area contributed by atoms with Crippen LogP contribution >= 0.6 is 25.8 Å². The topological polar surface area (TPSA) is 36.9 Å². The highest BCUT2D eigenvalue weighted by Crippen LogP contribution is 1.83. The summed E-state index contributed by atoms with van der Waals surface area (Å²) in [4.78, 5) is 0. The third-order valence-corrected chi connectivity index (χ3v) is 1.38. The summed E-state index contributed by atoms with van der Waals surface area (Å²) in [5, 5.41) is 0. The monoisotopic (exact) mass is 214 g/mol. The van der Waals surface area contributed by atoms with Gasteiger partial charge in [0.15, 0.2) is 0 Å². The van der Waals surface area contributed by atoms with Crippen molar-refractivity contribution in [3.8, 4) is 0 Å². The molecule has 0 aromatic carbocycles. The lowest BCUT2D eigenvalue weighted by Gasteiger charge is -2.03. The summed E-state index contributed by atoms with van der Waals surface area (Å²) in [7, 11) is 0. The van der Waals surface area contributed by atoms with Crippen LogP contribution in [0.2, 0.25) is 0 Å². The van der Waals surface area contributed by atoms with E-state index in [2.05, 4.69) is 34.2 Å². The summed E-state index contributed by atoms with van der Waals surface area (Å²) in [6, 6.07) is 0. The number of thiol groups is 2. The van der Waals surface area contributed by atoms with Crippen LogP contribution in [0, 0.1) is 0 Å². The zero-order valence-corrected chi connectivity index (χ0v) is 8.56. The summed E-state index contributed by atoms with van der Waals surface area (Å²) >= 11 is 7.11. The first-order valence-corrected chi connectivity index (χ1v) is 4.33. The molecule has 0 aliphatic heterocycles. The molecule has 12 heavy (non-hydrogen) atoms. The molecule has 0 saturated heterocycles. The van der Waals surface area contributed by atoms with E-state index in [1.54, 1.807) is 0 Å². The van der Waals surface area contributed by atoms with E-state index in [1.165, 1.54) is 0 Å². The lowest BCUT2D eigenvalue weighted by molar-refractivity contribution is 0.0315. The van der Waals surface area contributed by atoms with E-state index in [4.69, 9.17) is 9.47 Å². The van der Waals surface area contributed by atoms with Crippen LogP contribution < -0.4 is 0 Å². The lowest BCUT2D eigenvalue weighted by Crippen LogP contribution is -2.09. The molecule has 0 aliphatic carbocycles. The van der Waals surface area contributed by atoms with Crippen molar-refractivity contribution < 1.29 is 17.8 Å². The number of ether oxygens (including phenoxy) is 2. The summed E-state index contributed by atoms with van der Waals surface area (Å²) in [6.07, 6.45) is 0. The van der Waals surface area contributed by atoms with Crippen LogP contribution in [0.3, 0.4) is 0 Å². The van der Waals surface area contributed by atoms with Crippen LogP contribution in [-0.4, -0.2) is 39.6 Å². The maximum atomic E-state index is 5.10. The van der Waals surface area contributed by atoms with Gasteiger partial charge in [-0.2, -0.15) is 0 Å². The van der Waals surface area contributed by atoms with E-state index in [1.807, 2.05) is 0 Å². The zero-order valence-electron chi connectivity index (χ0n) is 6.77. The predicted molar refractivity (Wildman–Crippen MR) is 51.5 cm³/mol. The Kier molecular flexibility index (Phi) is 12.1. The average Bonchev–Trinajstić information content (AvgIpc) is 2.10. The highest BCUT2D eigenvalue weighted by atomic mass is 32.1. The van der Waals surface area contributed by atoms with Gasteiger partial charge in [-0.05, 0) is 25.8 Å². The summed E-state index contributed by atoms with van der Waals surface area (Å²) in [5.74, 6) is 0. The molecule has 0 bridgehead atoms. The first kappa shape index (κ1) is 12.5. The summed E-state index contributed by atoms with van der Waals surface area (Å²) in [6.45, 7) is 3.17. The molecule has 0 heterocycles. The van der Waals surface area contributed by atoms with Gasteiger partial charge in [-0.3, -0.25) is 0 Å². The van der Waals surface area contributed by atoms with Crippen LogP contribution in [0.15, 0.2) is 0 Å². The molecular weight excluding hydrogens is 200 g/mol. The zero-order chi connectivity index (χ0) is 9.07. The third-order valence-electron chi connectivity index (χ3n) is 1.01. The molecule has 74 valence electrons. The fourth-order valence-electron chi connectivity index (χ4n) is 0.514. The second-order valence-corrected chi connectivity index (χ2v) is 2.41. The van der Waals surface area contributed by atoms with E-state index < -0.39 is 0 Å². The molecule has 0 aromatic heterocycles. The minimum absolute atomic E-state index is 0.489. The van der Waals surface area contributed by atoms with Crippen molar-refractivity contribution >= 4 is 25.8 Å². The first-order valence-electron chi connectivity index (χ1n) is 3.60. The smallest absolute Gasteiger partial charge is 0.0844 e. The summed E-state index contributed by atoms with van der Waals surface area (Å²) < 4.78 is 19.2. The van der Waals surface area contributed by atoms with Gasteiger partial charge in [-0.15, -0.1) is 0 Å². The number of hydrogen-bond acceptors (Lipinski definition) is 6. The van der Waals surface area contributed by atoms with E-state index in [0.717, 1.165) is 0 Å². The van der Waals surface area contributed by atoms with Crippen molar-refractivity contribution in [2.75, 3.05) is 39.6 Å². The van der Waals surface area contributed by atoms with Gasteiger partial charge in [-0.25, -0.2) is 0 Å². The SMILES string of the molecule is SOCCOCCOCCOS. The first-order chi connectivity index (χ1) is 5.91. The highest BCUT2D eigenvalue weighted by molar-refractivity contribution is 7.75. The predicted octanol–water partition coefficient (Wildman–Crippen LogP) is 0.742. The fraction of sp³-hybridized carbons (Fsp3) is 1.00. The van der Waals surface area contributed by atoms with Gasteiger partial charge < -0.3 is 17.8 Å². The van der Waals surface area contributed by atoms with Crippen LogP contribution in [0.5, 0.6) is 0 Å². The number of rotatable bonds is 9. The minimum atomic E-state index is 0.489. The Bertz CT molecular complexity index is 73.9. The Labute approximate surface area is 83.7 Å². The molecule has 0 radical (unpaired) electrons. The quantitative estimate of drug-likeness (QED) is 0.337. The largest absolute Gasteiger partial charge is 0.377 e. The van der Waals surface area contributed by atoms with Crippen LogP contribution in [0.1, 0.15) is 0 Å². The molecular formula is C6H14O4S2. The molecule has 0 aromatic rings. The molecule has 0 atom stereocenters. The van der Waals surface area contributed by atoms with Crippen LogP contribution in [0.4, 0.5) is 0 Å². The van der Waals surface area contributed by atoms with Crippen molar-refractivity contribution in [3.05, 3.63) is 0 Å². The van der Waals surface area contributed by atoms with Gasteiger partial charge in [-0.1, -0.05) is 0 Å². The highest BCUT2D eigenvalue weighted by Gasteiger charge is 1.89. The second-order valence-electron chi connectivity index (χ2n) is 1.89. The Morgan fingerprint density at radius 3 is 1.25 bits per heavy atom. The van der Waals surface area contributed by atoms with E-state index in [0.29, 0.717) is 39.6 Å². The van der Waals surface area contributed by atoms with E-state index in [-0.39, 0.29) is 0 Å². The molecule has 4 nitrogen and oxygen atoms in total. The number of hydrogen-bond donors (Lipinski definition) is 2. The average molecular weight is 214 g/mol. The van der Waals surface area contributed by atoms with Gasteiger partial charge in [0, 0.05) is 0 Å². The van der Waals surface area contributed by atoms with Crippen LogP contribution in [0.25, 0.3) is 0 Å². The van der Waals surface area contributed by atoms with Gasteiger partial charge in [0.05, 0.1) is 39.6 Å². The van der Waals surface area contributed by atoms with Gasteiger partial charge >= 0.3 is 0 Å². The normalized spacial score (nSPS) is 10.5. The molecule has 0 aliphatic rings. The molecule has 0 rings (SSSR count). The fourth-order valence-corrected chi connectivity index (χ4v) is 0.663. The van der Waals surface area contributed by atoms with Crippen LogP contribution in [-0.2, 0) is 17.8 Å². The maximum absolute atomic E-state index is 5.10. The maximum Gasteiger partial charge on any atom is 0.0844 e. The van der Waals surface area contributed by atoms with Crippen molar-refractivity contribution in [2.45, 2.75) is 0 Å². The Morgan fingerprint density at radius 1 is 0.583 bits per heavy atom. The van der Waals surface area contributed by atoms with Gasteiger partial charge in [0.2, 0.25) is 0 Å². The van der Waals surface area contributed by atoms with E-state index in [9.17, 15) is 0 Å². The summed E-state index contributed by atoms with van der Waals surface area (Å²) in [5.41, 5.74) is 0. The molecule has 0 fully saturated rings. The van der Waals surface area contributed by atoms with Gasteiger partial charge in [0.1, 0.15) is 0 Å². The van der Waals surface area contributed by atoms with Gasteiger partial charge in [0.25, 0.3) is 0 Å². The van der Waals surface area contributed by atoms with Crippen molar-refractivity contribution in [3.63, 3.8) is 0 Å². The molecule has 0 spiro atoms. The third kappa shape index (κ3) is 10.5. The van der Waals surface area contributed by atoms with Crippen molar-refractivity contribution in [2.24, 2.45) is 0 Å².